The van der Waals surface area contributed by atoms with Gasteiger partial charge in [-0.1, -0.05) is 18.2 Å². The van der Waals surface area contributed by atoms with E-state index in [1.807, 2.05) is 0 Å². The van der Waals surface area contributed by atoms with Gasteiger partial charge in [0.05, 0.1) is 18.2 Å². The van der Waals surface area contributed by atoms with E-state index in [4.69, 9.17) is 0 Å². The molecule has 0 amide bonds. The molecule has 0 saturated heterocycles. The molecule has 0 heterocycles. The topological polar surface area (TPSA) is 26.3 Å². The fourth-order valence-electron chi connectivity index (χ4n) is 1.95. The summed E-state index contributed by atoms with van der Waals surface area (Å²) < 4.78 is 56.7. The summed E-state index contributed by atoms with van der Waals surface area (Å²) >= 11 is 0. The second kappa shape index (κ2) is 5.55. The zero-order valence-corrected chi connectivity index (χ0v) is 10.9. The highest BCUT2D eigenvalue weighted by atomic mass is 19.4. The molecule has 0 aliphatic carbocycles. The Labute approximate surface area is 118 Å². The Kier molecular flexibility index (Phi) is 3.97. The molecule has 2 nitrogen and oxygen atoms in total. The minimum absolute atomic E-state index is 0.0386. The van der Waals surface area contributed by atoms with Gasteiger partial charge in [0.1, 0.15) is 5.82 Å². The Hall–Kier alpha value is -2.37. The Morgan fingerprint density at radius 1 is 1.10 bits per heavy atom. The molecule has 0 fully saturated rings. The molecule has 21 heavy (non-hydrogen) atoms. The predicted octanol–water partition coefficient (Wildman–Crippen LogP) is 4.30. The van der Waals surface area contributed by atoms with Gasteiger partial charge in [-0.15, -0.1) is 0 Å². The minimum atomic E-state index is -4.55. The van der Waals surface area contributed by atoms with Crippen LogP contribution >= 0.6 is 0 Å². The highest BCUT2D eigenvalue weighted by Gasteiger charge is 2.31. The van der Waals surface area contributed by atoms with Gasteiger partial charge in [-0.2, -0.15) is 13.2 Å². The van der Waals surface area contributed by atoms with E-state index in [1.165, 1.54) is 18.2 Å². The number of carbonyl (C=O) groups excluding carboxylic acids is 1. The van der Waals surface area contributed by atoms with Gasteiger partial charge < -0.3 is 4.74 Å². The lowest BCUT2D eigenvalue weighted by molar-refractivity contribution is -0.137. The summed E-state index contributed by atoms with van der Waals surface area (Å²) in [6.45, 7) is 0. The molecular formula is C15H10F4O2. The van der Waals surface area contributed by atoms with Crippen LogP contribution in [-0.2, 0) is 10.9 Å². The molecule has 0 aliphatic heterocycles. The van der Waals surface area contributed by atoms with E-state index in [-0.39, 0.29) is 16.7 Å². The lowest BCUT2D eigenvalue weighted by Gasteiger charge is -2.12. The Morgan fingerprint density at radius 3 is 2.38 bits per heavy atom. The van der Waals surface area contributed by atoms with Crippen molar-refractivity contribution >= 4 is 5.97 Å². The molecule has 2 aromatic rings. The number of halogens is 4. The summed E-state index contributed by atoms with van der Waals surface area (Å²) in [4.78, 5) is 11.6. The summed E-state index contributed by atoms with van der Waals surface area (Å²) in [5.41, 5.74) is -1.30. The third kappa shape index (κ3) is 3.04. The number of rotatable bonds is 2. The highest BCUT2D eigenvalue weighted by molar-refractivity contribution is 5.97. The minimum Gasteiger partial charge on any atom is -0.465 e. The summed E-state index contributed by atoms with van der Waals surface area (Å²) in [5.74, 6) is -1.61. The summed E-state index contributed by atoms with van der Waals surface area (Å²) in [7, 11) is 1.11. The van der Waals surface area contributed by atoms with E-state index >= 15 is 0 Å². The van der Waals surface area contributed by atoms with Gasteiger partial charge in [0.25, 0.3) is 0 Å². The van der Waals surface area contributed by atoms with Crippen molar-refractivity contribution in [1.82, 2.24) is 0 Å². The number of esters is 1. The quantitative estimate of drug-likeness (QED) is 0.610. The molecule has 6 heteroatoms. The summed E-state index contributed by atoms with van der Waals surface area (Å²) in [6, 6.07) is 7.80. The van der Waals surface area contributed by atoms with Gasteiger partial charge >= 0.3 is 12.1 Å². The van der Waals surface area contributed by atoms with Gasteiger partial charge in [0.15, 0.2) is 0 Å². The Bertz CT molecular complexity index is 678. The molecular weight excluding hydrogens is 288 g/mol. The highest BCUT2D eigenvalue weighted by Crippen LogP contribution is 2.34. The molecule has 0 bridgehead atoms. The largest absolute Gasteiger partial charge is 0.465 e. The van der Waals surface area contributed by atoms with E-state index in [2.05, 4.69) is 4.74 Å². The molecule has 0 radical (unpaired) electrons. The summed E-state index contributed by atoms with van der Waals surface area (Å²) in [6.07, 6.45) is -4.55. The number of benzene rings is 2. The number of methoxy groups -OCH3 is 1. The van der Waals surface area contributed by atoms with Crippen molar-refractivity contribution in [2.24, 2.45) is 0 Å². The van der Waals surface area contributed by atoms with Gasteiger partial charge in [-0.25, -0.2) is 9.18 Å². The molecule has 0 N–H and O–H groups in total. The SMILES string of the molecule is COC(=O)c1cccc(F)c1-c1cccc(C(F)(F)F)c1. The fraction of sp³-hybridized carbons (Fsp3) is 0.133. The molecule has 0 aromatic heterocycles. The second-order valence-electron chi connectivity index (χ2n) is 4.23. The van der Waals surface area contributed by atoms with Crippen LogP contribution in [0.25, 0.3) is 11.1 Å². The van der Waals surface area contributed by atoms with Crippen LogP contribution in [0.5, 0.6) is 0 Å². The average Bonchev–Trinajstić information content (AvgIpc) is 2.45. The van der Waals surface area contributed by atoms with E-state index in [9.17, 15) is 22.4 Å². The number of alkyl halides is 3. The summed E-state index contributed by atoms with van der Waals surface area (Å²) in [5, 5.41) is 0. The molecule has 0 spiro atoms. The van der Waals surface area contributed by atoms with Crippen molar-refractivity contribution in [2.45, 2.75) is 6.18 Å². The zero-order chi connectivity index (χ0) is 15.6. The molecule has 0 atom stereocenters. The van der Waals surface area contributed by atoms with Crippen molar-refractivity contribution in [3.05, 3.63) is 59.4 Å². The van der Waals surface area contributed by atoms with E-state index in [0.29, 0.717) is 0 Å². The Morgan fingerprint density at radius 2 is 1.76 bits per heavy atom. The maximum Gasteiger partial charge on any atom is 0.416 e. The van der Waals surface area contributed by atoms with Crippen molar-refractivity contribution in [3.63, 3.8) is 0 Å². The van der Waals surface area contributed by atoms with Crippen LogP contribution in [0.3, 0.4) is 0 Å². The van der Waals surface area contributed by atoms with Crippen LogP contribution in [0.15, 0.2) is 42.5 Å². The third-order valence-corrected chi connectivity index (χ3v) is 2.90. The van der Waals surface area contributed by atoms with Crippen molar-refractivity contribution in [1.29, 1.82) is 0 Å². The van der Waals surface area contributed by atoms with Gasteiger partial charge in [-0.05, 0) is 29.8 Å². The van der Waals surface area contributed by atoms with Crippen LogP contribution in [-0.4, -0.2) is 13.1 Å². The van der Waals surface area contributed by atoms with E-state index in [0.717, 1.165) is 31.4 Å². The first-order valence-corrected chi connectivity index (χ1v) is 5.89. The van der Waals surface area contributed by atoms with Crippen molar-refractivity contribution in [3.8, 4) is 11.1 Å². The van der Waals surface area contributed by atoms with E-state index in [1.54, 1.807) is 0 Å². The average molecular weight is 298 g/mol. The maximum absolute atomic E-state index is 14.0. The predicted molar refractivity (Wildman–Crippen MR) is 68.2 cm³/mol. The second-order valence-corrected chi connectivity index (χ2v) is 4.23. The van der Waals surface area contributed by atoms with E-state index < -0.39 is 23.5 Å². The Balaban J connectivity index is 2.65. The first-order valence-electron chi connectivity index (χ1n) is 5.89. The zero-order valence-electron chi connectivity index (χ0n) is 10.9. The smallest absolute Gasteiger partial charge is 0.416 e. The number of hydrogen-bond donors (Lipinski definition) is 0. The first-order chi connectivity index (χ1) is 9.84. The van der Waals surface area contributed by atoms with Crippen LogP contribution < -0.4 is 0 Å². The van der Waals surface area contributed by atoms with Crippen LogP contribution in [0.1, 0.15) is 15.9 Å². The molecule has 110 valence electrons. The van der Waals surface area contributed by atoms with Gasteiger partial charge in [0, 0.05) is 5.56 Å². The fourth-order valence-corrected chi connectivity index (χ4v) is 1.95. The van der Waals surface area contributed by atoms with Gasteiger partial charge in [0.2, 0.25) is 0 Å². The molecule has 0 unspecified atom stereocenters. The number of hydrogen-bond acceptors (Lipinski definition) is 2. The van der Waals surface area contributed by atoms with Crippen molar-refractivity contribution in [2.75, 3.05) is 7.11 Å². The maximum atomic E-state index is 14.0. The normalized spacial score (nSPS) is 11.3. The van der Waals surface area contributed by atoms with Gasteiger partial charge in [-0.3, -0.25) is 0 Å². The lowest BCUT2D eigenvalue weighted by Crippen LogP contribution is -2.07. The molecule has 2 rings (SSSR count). The number of ether oxygens (including phenoxy) is 1. The standard InChI is InChI=1S/C15H10F4O2/c1-21-14(20)11-6-3-7-12(16)13(11)9-4-2-5-10(8-9)15(17,18)19/h2-8H,1H3. The number of carbonyl (C=O) groups is 1. The van der Waals surface area contributed by atoms with Crippen LogP contribution in [0.4, 0.5) is 17.6 Å². The monoisotopic (exact) mass is 298 g/mol. The molecule has 0 aliphatic rings. The first kappa shape index (κ1) is 15.0. The third-order valence-electron chi connectivity index (χ3n) is 2.90. The van der Waals surface area contributed by atoms with Crippen LogP contribution in [0.2, 0.25) is 0 Å². The van der Waals surface area contributed by atoms with Crippen LogP contribution in [0, 0.1) is 5.82 Å². The lowest BCUT2D eigenvalue weighted by atomic mass is 9.97. The van der Waals surface area contributed by atoms with Crippen molar-refractivity contribution < 1.29 is 27.1 Å². The molecule has 0 saturated carbocycles. The molecule has 2 aromatic carbocycles.